The first-order chi connectivity index (χ1) is 20.7. The first-order valence-electron chi connectivity index (χ1n) is 15.1. The zero-order chi connectivity index (χ0) is 32.4. The average molecular weight is 621 g/mol. The van der Waals surface area contributed by atoms with Gasteiger partial charge < -0.3 is 10.1 Å². The van der Waals surface area contributed by atoms with E-state index in [1.807, 2.05) is 19.9 Å². The fourth-order valence-corrected chi connectivity index (χ4v) is 5.81. The number of nitrogens with zero attached hydrogens (tertiary/aromatic N) is 4. The van der Waals surface area contributed by atoms with Gasteiger partial charge in [-0.05, 0) is 55.2 Å². The number of rotatable bonds is 13. The molecule has 44 heavy (non-hydrogen) atoms. The maximum Gasteiger partial charge on any atom is 0.283 e. The number of aryl methyl sites for hydroxylation is 1. The highest BCUT2D eigenvalue weighted by Gasteiger charge is 2.28. The van der Waals surface area contributed by atoms with E-state index in [9.17, 15) is 14.9 Å². The second kappa shape index (κ2) is 13.0. The summed E-state index contributed by atoms with van der Waals surface area (Å²) in [6.45, 7) is 19.2. The van der Waals surface area contributed by atoms with Crippen LogP contribution in [0.1, 0.15) is 96.8 Å². The number of carbonyl (C=O) groups excluding carboxylic acids is 1. The van der Waals surface area contributed by atoms with Crippen LogP contribution in [0.5, 0.6) is 5.75 Å². The predicted molar refractivity (Wildman–Crippen MR) is 174 cm³/mol. The van der Waals surface area contributed by atoms with Gasteiger partial charge in [-0.15, -0.1) is 5.10 Å². The standard InChI is InChI=1S/C33H44N6O4S/c1-10-32(6,7)23-16-17-26(24(18-23)33(8,9)11-2)43-22(5)31(40)34-19-20(3)29-35-30-28(21(4)36-38(30)37-29)44-27-15-13-12-14-25(27)39(41)42/h12-18,20,22,36H,10-11,19H2,1-9H3,(H,34,40). The van der Waals surface area contributed by atoms with E-state index in [4.69, 9.17) is 9.72 Å². The minimum atomic E-state index is -0.699. The van der Waals surface area contributed by atoms with E-state index < -0.39 is 6.10 Å². The zero-order valence-electron chi connectivity index (χ0n) is 27.1. The topological polar surface area (TPSA) is 127 Å². The molecule has 2 atom stereocenters. The van der Waals surface area contributed by atoms with Gasteiger partial charge in [-0.1, -0.05) is 84.5 Å². The number of nitro groups is 1. The van der Waals surface area contributed by atoms with Crippen molar-refractivity contribution in [1.29, 1.82) is 0 Å². The number of aromatic nitrogens is 4. The van der Waals surface area contributed by atoms with Gasteiger partial charge in [0.05, 0.1) is 14.7 Å². The van der Waals surface area contributed by atoms with Crippen LogP contribution < -0.4 is 10.1 Å². The Labute approximate surface area is 263 Å². The first kappa shape index (κ1) is 33.0. The molecule has 4 rings (SSSR count). The number of aromatic amines is 1. The molecule has 2 unspecified atom stereocenters. The van der Waals surface area contributed by atoms with Crippen LogP contribution in [0, 0.1) is 17.0 Å². The second-order valence-electron chi connectivity index (χ2n) is 12.7. The van der Waals surface area contributed by atoms with E-state index in [2.05, 4.69) is 69.2 Å². The molecule has 0 spiro atoms. The number of nitro benzene ring substituents is 1. The molecule has 0 bridgehead atoms. The van der Waals surface area contributed by atoms with Crippen molar-refractivity contribution in [1.82, 2.24) is 25.1 Å². The number of nitrogens with one attached hydrogen (secondary N) is 2. The molecule has 2 heterocycles. The second-order valence-corrected chi connectivity index (χ2v) is 13.7. The van der Waals surface area contributed by atoms with Crippen LogP contribution in [0.25, 0.3) is 5.65 Å². The molecule has 0 fully saturated rings. The average Bonchev–Trinajstić information content (AvgIpc) is 3.53. The van der Waals surface area contributed by atoms with Gasteiger partial charge in [0.25, 0.3) is 11.6 Å². The van der Waals surface area contributed by atoms with Crippen molar-refractivity contribution in [3.05, 3.63) is 75.2 Å². The van der Waals surface area contributed by atoms with Gasteiger partial charge >= 0.3 is 0 Å². The molecule has 0 aliphatic rings. The molecule has 0 aliphatic carbocycles. The SMILES string of the molecule is CCC(C)(C)c1ccc(OC(C)C(=O)NCC(C)c2nc3c(Sc4ccccc4[N+](=O)[O-])c(C)[nH]n3n2)c(C(C)(C)CC)c1. The number of ether oxygens (including phenoxy) is 1. The Morgan fingerprint density at radius 1 is 1.11 bits per heavy atom. The number of carbonyl (C=O) groups is 1. The number of H-pyrrole nitrogens is 1. The van der Waals surface area contributed by atoms with Crippen LogP contribution >= 0.6 is 11.8 Å². The Morgan fingerprint density at radius 2 is 1.80 bits per heavy atom. The van der Waals surface area contributed by atoms with Crippen molar-refractivity contribution in [3.63, 3.8) is 0 Å². The third-order valence-electron chi connectivity index (χ3n) is 8.67. The minimum absolute atomic E-state index is 0.0366. The van der Waals surface area contributed by atoms with Crippen molar-refractivity contribution in [2.75, 3.05) is 6.54 Å². The van der Waals surface area contributed by atoms with Crippen LogP contribution in [0.2, 0.25) is 0 Å². The number of benzene rings is 2. The maximum absolute atomic E-state index is 13.2. The summed E-state index contributed by atoms with van der Waals surface area (Å²) in [5, 5.41) is 22.3. The monoisotopic (exact) mass is 620 g/mol. The smallest absolute Gasteiger partial charge is 0.283 e. The lowest BCUT2D eigenvalue weighted by atomic mass is 9.76. The molecule has 2 aromatic heterocycles. The van der Waals surface area contributed by atoms with Crippen LogP contribution in [0.15, 0.2) is 52.3 Å². The van der Waals surface area contributed by atoms with E-state index in [1.165, 1.54) is 23.4 Å². The number of para-hydroxylation sites is 1. The first-order valence-corrected chi connectivity index (χ1v) is 16.0. The number of hydrogen-bond acceptors (Lipinski definition) is 7. The van der Waals surface area contributed by atoms with E-state index in [0.717, 1.165) is 34.7 Å². The maximum atomic E-state index is 13.2. The lowest BCUT2D eigenvalue weighted by Gasteiger charge is -2.31. The molecule has 0 radical (unpaired) electrons. The molecule has 2 aromatic carbocycles. The fourth-order valence-electron chi connectivity index (χ4n) is 4.78. The summed E-state index contributed by atoms with van der Waals surface area (Å²) in [5.41, 5.74) is 3.72. The highest BCUT2D eigenvalue weighted by Crippen LogP contribution is 2.40. The van der Waals surface area contributed by atoms with Gasteiger partial charge in [0.1, 0.15) is 5.75 Å². The highest BCUT2D eigenvalue weighted by atomic mass is 32.2. The van der Waals surface area contributed by atoms with Gasteiger partial charge in [-0.2, -0.15) is 4.63 Å². The van der Waals surface area contributed by atoms with Crippen LogP contribution in [0.3, 0.4) is 0 Å². The number of hydrogen-bond donors (Lipinski definition) is 2. The van der Waals surface area contributed by atoms with Crippen molar-refractivity contribution in [2.24, 2.45) is 0 Å². The molecule has 11 heteroatoms. The normalized spacial score (nSPS) is 13.6. The Morgan fingerprint density at radius 3 is 2.45 bits per heavy atom. The summed E-state index contributed by atoms with van der Waals surface area (Å²) in [6, 6.07) is 13.0. The summed E-state index contributed by atoms with van der Waals surface area (Å²) in [4.78, 5) is 30.3. The third kappa shape index (κ3) is 6.93. The Hall–Kier alpha value is -3.86. The minimum Gasteiger partial charge on any atom is -0.481 e. The van der Waals surface area contributed by atoms with Crippen LogP contribution in [-0.4, -0.2) is 43.3 Å². The summed E-state index contributed by atoms with van der Waals surface area (Å²) in [5.74, 6) is 0.875. The van der Waals surface area contributed by atoms with Crippen molar-refractivity contribution < 1.29 is 14.5 Å². The largest absolute Gasteiger partial charge is 0.481 e. The van der Waals surface area contributed by atoms with Gasteiger partial charge in [-0.3, -0.25) is 20.0 Å². The van der Waals surface area contributed by atoms with E-state index in [-0.39, 0.29) is 33.3 Å². The highest BCUT2D eigenvalue weighted by molar-refractivity contribution is 7.99. The molecule has 10 nitrogen and oxygen atoms in total. The number of amides is 1. The predicted octanol–water partition coefficient (Wildman–Crippen LogP) is 7.49. The van der Waals surface area contributed by atoms with Crippen LogP contribution in [0.4, 0.5) is 5.69 Å². The van der Waals surface area contributed by atoms with Gasteiger partial charge in [-0.25, -0.2) is 4.98 Å². The quantitative estimate of drug-likeness (QED) is 0.117. The number of fused-ring (bicyclic) bond motifs is 1. The summed E-state index contributed by atoms with van der Waals surface area (Å²) >= 11 is 1.28. The van der Waals surface area contributed by atoms with Gasteiger partial charge in [0.15, 0.2) is 17.6 Å². The summed E-state index contributed by atoms with van der Waals surface area (Å²) in [6.07, 6.45) is 1.26. The molecular formula is C33H44N6O4S. The molecule has 0 saturated carbocycles. The van der Waals surface area contributed by atoms with Crippen molar-refractivity contribution >= 4 is 29.0 Å². The fraction of sp³-hybridized carbons (Fsp3) is 0.485. The molecule has 2 N–H and O–H groups in total. The molecule has 0 saturated heterocycles. The van der Waals surface area contributed by atoms with E-state index in [0.29, 0.717) is 22.9 Å². The summed E-state index contributed by atoms with van der Waals surface area (Å²) in [7, 11) is 0. The molecule has 4 aromatic rings. The van der Waals surface area contributed by atoms with E-state index >= 15 is 0 Å². The Kier molecular flexibility index (Phi) is 9.77. The Bertz CT molecular complexity index is 1660. The Balaban J connectivity index is 1.46. The third-order valence-corrected chi connectivity index (χ3v) is 9.93. The zero-order valence-corrected chi connectivity index (χ0v) is 28.0. The van der Waals surface area contributed by atoms with Gasteiger partial charge in [0.2, 0.25) is 0 Å². The lowest BCUT2D eigenvalue weighted by molar-refractivity contribution is -0.387. The van der Waals surface area contributed by atoms with Crippen LogP contribution in [-0.2, 0) is 15.6 Å². The van der Waals surface area contributed by atoms with Crippen molar-refractivity contribution in [2.45, 2.75) is 108 Å². The lowest BCUT2D eigenvalue weighted by Crippen LogP contribution is -2.38. The molecule has 1 amide bonds. The van der Waals surface area contributed by atoms with Gasteiger partial charge in [0, 0.05) is 29.8 Å². The summed E-state index contributed by atoms with van der Waals surface area (Å²) < 4.78 is 7.85. The molecule has 236 valence electrons. The molecular weight excluding hydrogens is 576 g/mol. The molecule has 0 aliphatic heterocycles. The van der Waals surface area contributed by atoms with Crippen molar-refractivity contribution in [3.8, 4) is 5.75 Å². The van der Waals surface area contributed by atoms with E-state index in [1.54, 1.807) is 29.8 Å².